The third kappa shape index (κ3) is 4.30. The lowest BCUT2D eigenvalue weighted by molar-refractivity contribution is 0.102. The summed E-state index contributed by atoms with van der Waals surface area (Å²) < 4.78 is 2.10. The van der Waals surface area contributed by atoms with Gasteiger partial charge in [0.05, 0.1) is 0 Å². The molecule has 0 spiro atoms. The highest BCUT2D eigenvalue weighted by Crippen LogP contribution is 2.30. The number of hydrogen-bond donors (Lipinski definition) is 1. The molecule has 0 atom stereocenters. The van der Waals surface area contributed by atoms with E-state index in [0.29, 0.717) is 5.56 Å². The van der Waals surface area contributed by atoms with E-state index in [4.69, 9.17) is 0 Å². The number of halogens is 2. The van der Waals surface area contributed by atoms with Crippen molar-refractivity contribution in [2.45, 2.75) is 26.2 Å². The predicted molar refractivity (Wildman–Crippen MR) is 100.0 cm³/mol. The van der Waals surface area contributed by atoms with Crippen LogP contribution < -0.4 is 5.32 Å². The molecule has 0 saturated carbocycles. The third-order valence-electron chi connectivity index (χ3n) is 3.14. The molecular formula is C17H17BrINO. The maximum absolute atomic E-state index is 12.3. The number of carbonyl (C=O) groups excluding carboxylic acids is 1. The topological polar surface area (TPSA) is 29.1 Å². The van der Waals surface area contributed by atoms with Gasteiger partial charge in [0.2, 0.25) is 0 Å². The van der Waals surface area contributed by atoms with Gasteiger partial charge in [0, 0.05) is 19.3 Å². The first kappa shape index (κ1) is 16.5. The number of hydrogen-bond acceptors (Lipinski definition) is 1. The lowest BCUT2D eigenvalue weighted by Crippen LogP contribution is -2.15. The fourth-order valence-corrected chi connectivity index (χ4v) is 3.33. The molecule has 21 heavy (non-hydrogen) atoms. The van der Waals surface area contributed by atoms with Crippen molar-refractivity contribution in [3.05, 3.63) is 61.6 Å². The molecule has 0 aliphatic carbocycles. The van der Waals surface area contributed by atoms with Crippen LogP contribution in [-0.4, -0.2) is 5.91 Å². The molecule has 2 aromatic rings. The van der Waals surface area contributed by atoms with Gasteiger partial charge in [-0.3, -0.25) is 4.79 Å². The summed E-state index contributed by atoms with van der Waals surface area (Å²) in [4.78, 5) is 12.3. The molecule has 2 aromatic carbocycles. The Morgan fingerprint density at radius 1 is 1.10 bits per heavy atom. The summed E-state index contributed by atoms with van der Waals surface area (Å²) in [6.45, 7) is 6.45. The summed E-state index contributed by atoms with van der Waals surface area (Å²) in [6.07, 6.45) is 0. The van der Waals surface area contributed by atoms with Crippen LogP contribution in [0.15, 0.2) is 46.9 Å². The van der Waals surface area contributed by atoms with Crippen LogP contribution in [-0.2, 0) is 5.41 Å². The van der Waals surface area contributed by atoms with E-state index in [1.54, 1.807) is 0 Å². The summed E-state index contributed by atoms with van der Waals surface area (Å²) in [5.41, 5.74) is 2.68. The van der Waals surface area contributed by atoms with Crippen LogP contribution >= 0.6 is 38.5 Å². The predicted octanol–water partition coefficient (Wildman–Crippen LogP) is 5.60. The van der Waals surface area contributed by atoms with E-state index in [0.717, 1.165) is 13.7 Å². The second kappa shape index (κ2) is 6.48. The van der Waals surface area contributed by atoms with Crippen LogP contribution in [0.5, 0.6) is 0 Å². The molecule has 0 saturated heterocycles. The van der Waals surface area contributed by atoms with E-state index in [9.17, 15) is 4.79 Å². The molecule has 0 radical (unpaired) electrons. The first-order valence-electron chi connectivity index (χ1n) is 6.64. The summed E-state index contributed by atoms with van der Waals surface area (Å²) >= 11 is 5.80. The maximum Gasteiger partial charge on any atom is 0.255 e. The van der Waals surface area contributed by atoms with Crippen LogP contribution in [0.25, 0.3) is 0 Å². The van der Waals surface area contributed by atoms with Gasteiger partial charge in [-0.05, 0) is 70.0 Å². The van der Waals surface area contributed by atoms with Gasteiger partial charge in [-0.1, -0.05) is 42.8 Å². The molecule has 0 unspecified atom stereocenters. The standard InChI is InChI=1S/C17H17BrINO/c1-17(2,3)14-9-4-11(10-15(14)18)16(21)20-13-7-5-12(19)6-8-13/h4-10H,1-3H3,(H,20,21). The Balaban J connectivity index is 2.20. The van der Waals surface area contributed by atoms with Gasteiger partial charge < -0.3 is 5.32 Å². The van der Waals surface area contributed by atoms with E-state index < -0.39 is 0 Å². The lowest BCUT2D eigenvalue weighted by atomic mass is 9.86. The van der Waals surface area contributed by atoms with Gasteiger partial charge in [0.15, 0.2) is 0 Å². The molecule has 0 aliphatic heterocycles. The molecule has 110 valence electrons. The third-order valence-corrected chi connectivity index (χ3v) is 4.52. The molecule has 4 heteroatoms. The average Bonchev–Trinajstić information content (AvgIpc) is 2.39. The summed E-state index contributed by atoms with van der Waals surface area (Å²) in [6, 6.07) is 13.5. The highest BCUT2D eigenvalue weighted by molar-refractivity contribution is 14.1. The van der Waals surface area contributed by atoms with Gasteiger partial charge >= 0.3 is 0 Å². The van der Waals surface area contributed by atoms with E-state index >= 15 is 0 Å². The molecule has 0 aliphatic rings. The van der Waals surface area contributed by atoms with E-state index in [2.05, 4.69) is 64.6 Å². The smallest absolute Gasteiger partial charge is 0.255 e. The van der Waals surface area contributed by atoms with Crippen molar-refractivity contribution in [2.75, 3.05) is 5.32 Å². The minimum Gasteiger partial charge on any atom is -0.322 e. The SMILES string of the molecule is CC(C)(C)c1ccc(C(=O)Nc2ccc(I)cc2)cc1Br. The number of anilines is 1. The minimum absolute atomic E-state index is 0.0456. The van der Waals surface area contributed by atoms with Gasteiger partial charge in [-0.25, -0.2) is 0 Å². The molecule has 0 aromatic heterocycles. The van der Waals surface area contributed by atoms with Gasteiger partial charge in [-0.2, -0.15) is 0 Å². The highest BCUT2D eigenvalue weighted by Gasteiger charge is 2.18. The fourth-order valence-electron chi connectivity index (χ4n) is 2.00. The zero-order valence-corrected chi connectivity index (χ0v) is 15.9. The van der Waals surface area contributed by atoms with Crippen molar-refractivity contribution in [1.29, 1.82) is 0 Å². The normalized spacial score (nSPS) is 11.3. The fraction of sp³-hybridized carbons (Fsp3) is 0.235. The monoisotopic (exact) mass is 457 g/mol. The Morgan fingerprint density at radius 2 is 1.71 bits per heavy atom. The van der Waals surface area contributed by atoms with E-state index in [1.165, 1.54) is 5.56 Å². The van der Waals surface area contributed by atoms with Crippen molar-refractivity contribution in [3.63, 3.8) is 0 Å². The molecule has 1 amide bonds. The number of benzene rings is 2. The quantitative estimate of drug-likeness (QED) is 0.584. The van der Waals surface area contributed by atoms with Gasteiger partial charge in [0.25, 0.3) is 5.91 Å². The largest absolute Gasteiger partial charge is 0.322 e. The van der Waals surface area contributed by atoms with Crippen molar-refractivity contribution < 1.29 is 4.79 Å². The molecule has 0 fully saturated rings. The maximum atomic E-state index is 12.3. The zero-order chi connectivity index (χ0) is 15.6. The van der Waals surface area contributed by atoms with Crippen LogP contribution in [0.3, 0.4) is 0 Å². The summed E-state index contributed by atoms with van der Waals surface area (Å²) in [5, 5.41) is 2.91. The molecular weight excluding hydrogens is 441 g/mol. The lowest BCUT2D eigenvalue weighted by Gasteiger charge is -2.21. The first-order chi connectivity index (χ1) is 9.77. The van der Waals surface area contributed by atoms with Crippen LogP contribution in [0.4, 0.5) is 5.69 Å². The Labute approximate surface area is 147 Å². The van der Waals surface area contributed by atoms with Gasteiger partial charge in [-0.15, -0.1) is 0 Å². The molecule has 0 heterocycles. The Bertz CT molecular complexity index is 659. The summed E-state index contributed by atoms with van der Waals surface area (Å²) in [5.74, 6) is -0.0997. The average molecular weight is 458 g/mol. The van der Waals surface area contributed by atoms with E-state index in [-0.39, 0.29) is 11.3 Å². The molecule has 2 rings (SSSR count). The van der Waals surface area contributed by atoms with Crippen molar-refractivity contribution >= 4 is 50.1 Å². The molecule has 2 nitrogen and oxygen atoms in total. The minimum atomic E-state index is -0.0997. The second-order valence-corrected chi connectivity index (χ2v) is 8.01. The van der Waals surface area contributed by atoms with Crippen molar-refractivity contribution in [2.24, 2.45) is 0 Å². The van der Waals surface area contributed by atoms with Gasteiger partial charge in [0.1, 0.15) is 0 Å². The number of rotatable bonds is 2. The van der Waals surface area contributed by atoms with Crippen LogP contribution in [0, 0.1) is 3.57 Å². The Hall–Kier alpha value is -0.880. The zero-order valence-electron chi connectivity index (χ0n) is 12.2. The highest BCUT2D eigenvalue weighted by atomic mass is 127. The second-order valence-electron chi connectivity index (χ2n) is 5.91. The number of nitrogens with one attached hydrogen (secondary N) is 1. The van der Waals surface area contributed by atoms with Crippen molar-refractivity contribution in [1.82, 2.24) is 0 Å². The number of amides is 1. The van der Waals surface area contributed by atoms with Crippen LogP contribution in [0.1, 0.15) is 36.7 Å². The summed E-state index contributed by atoms with van der Waals surface area (Å²) in [7, 11) is 0. The first-order valence-corrected chi connectivity index (χ1v) is 8.51. The van der Waals surface area contributed by atoms with Crippen LogP contribution in [0.2, 0.25) is 0 Å². The van der Waals surface area contributed by atoms with E-state index in [1.807, 2.05) is 42.5 Å². The molecule has 1 N–H and O–H groups in total. The number of carbonyl (C=O) groups is 1. The van der Waals surface area contributed by atoms with Crippen molar-refractivity contribution in [3.8, 4) is 0 Å². The Kier molecular flexibility index (Phi) is 5.09. The molecule has 0 bridgehead atoms. The Morgan fingerprint density at radius 3 is 2.24 bits per heavy atom.